The molecule has 5 amide bonds. The molecule has 34 heavy (non-hydrogen) atoms. The smallest absolute Gasteiger partial charge is 0.318 e. The first-order valence-corrected chi connectivity index (χ1v) is 11.5. The van der Waals surface area contributed by atoms with E-state index in [1.54, 1.807) is 18.7 Å². The molecule has 184 valence electrons. The zero-order valence-electron chi connectivity index (χ0n) is 19.7. The number of ketones is 1. The average Bonchev–Trinajstić information content (AvgIpc) is 3.08. The molecule has 0 aromatic heterocycles. The summed E-state index contributed by atoms with van der Waals surface area (Å²) in [7, 11) is 0. The minimum atomic E-state index is -1.13. The minimum absolute atomic E-state index is 0.0953. The summed E-state index contributed by atoms with van der Waals surface area (Å²) in [5, 5.41) is 7.83. The molecule has 0 bridgehead atoms. The highest BCUT2D eigenvalue weighted by atomic mass is 16.5. The third-order valence-corrected chi connectivity index (χ3v) is 6.23. The molecule has 1 aromatic carbocycles. The van der Waals surface area contributed by atoms with Crippen LogP contribution in [0.5, 0.6) is 0 Å². The van der Waals surface area contributed by atoms with Gasteiger partial charge in [-0.25, -0.2) is 4.79 Å². The van der Waals surface area contributed by atoms with E-state index in [0.29, 0.717) is 26.3 Å². The van der Waals surface area contributed by atoms with Crippen molar-refractivity contribution in [1.82, 2.24) is 20.9 Å². The van der Waals surface area contributed by atoms with Gasteiger partial charge in [-0.15, -0.1) is 0 Å². The zero-order chi connectivity index (χ0) is 24.8. The predicted molar refractivity (Wildman–Crippen MR) is 122 cm³/mol. The number of Topliss-reactive ketones (excluding diaryl/α,β-unsaturated/α-hetero) is 1. The molecule has 0 unspecified atom stereocenters. The van der Waals surface area contributed by atoms with Gasteiger partial charge in [-0.1, -0.05) is 51.1 Å². The Kier molecular flexibility index (Phi) is 8.38. The average molecular weight is 473 g/mol. The maximum absolute atomic E-state index is 13.1. The molecule has 2 aliphatic rings. The lowest BCUT2D eigenvalue weighted by Crippen LogP contribution is -2.50. The van der Waals surface area contributed by atoms with E-state index in [2.05, 4.69) is 16.0 Å². The maximum atomic E-state index is 13.1. The van der Waals surface area contributed by atoms with Gasteiger partial charge >= 0.3 is 6.03 Å². The van der Waals surface area contributed by atoms with Gasteiger partial charge in [0.2, 0.25) is 17.7 Å². The van der Waals surface area contributed by atoms with Crippen molar-refractivity contribution in [3.63, 3.8) is 0 Å². The van der Waals surface area contributed by atoms with E-state index in [-0.39, 0.29) is 18.4 Å². The quantitative estimate of drug-likeness (QED) is 0.378. The van der Waals surface area contributed by atoms with E-state index >= 15 is 0 Å². The molecule has 0 spiro atoms. The lowest BCUT2D eigenvalue weighted by Gasteiger charge is -2.30. The number of imide groups is 1. The summed E-state index contributed by atoms with van der Waals surface area (Å²) in [5.74, 6) is -4.29. The number of carbonyl (C=O) groups is 5. The summed E-state index contributed by atoms with van der Waals surface area (Å²) in [4.78, 5) is 64.5. The maximum Gasteiger partial charge on any atom is 0.318 e. The van der Waals surface area contributed by atoms with Crippen LogP contribution in [0.1, 0.15) is 38.8 Å². The van der Waals surface area contributed by atoms with Gasteiger partial charge in [-0.3, -0.25) is 24.5 Å². The van der Waals surface area contributed by atoms with Gasteiger partial charge in [-0.2, -0.15) is 0 Å². The van der Waals surface area contributed by atoms with Crippen molar-refractivity contribution >= 4 is 29.5 Å². The van der Waals surface area contributed by atoms with E-state index in [1.165, 1.54) is 6.92 Å². The zero-order valence-corrected chi connectivity index (χ0v) is 19.7. The molecule has 10 heteroatoms. The number of urea groups is 1. The van der Waals surface area contributed by atoms with Crippen molar-refractivity contribution in [3.8, 4) is 0 Å². The Labute approximate surface area is 198 Å². The largest absolute Gasteiger partial charge is 0.378 e. The summed E-state index contributed by atoms with van der Waals surface area (Å²) in [6.45, 7) is 6.88. The van der Waals surface area contributed by atoms with Crippen LogP contribution in [0.25, 0.3) is 0 Å². The molecule has 3 rings (SSSR count). The number of amides is 5. The molecule has 2 aliphatic heterocycles. The normalized spacial score (nSPS) is 22.2. The minimum Gasteiger partial charge on any atom is -0.378 e. The van der Waals surface area contributed by atoms with Crippen molar-refractivity contribution in [1.29, 1.82) is 0 Å². The van der Waals surface area contributed by atoms with Crippen molar-refractivity contribution in [2.45, 2.75) is 39.3 Å². The number of benzene rings is 1. The third kappa shape index (κ3) is 5.99. The number of morpholine rings is 1. The number of nitrogens with one attached hydrogen (secondary N) is 3. The highest BCUT2D eigenvalue weighted by Crippen LogP contribution is 2.24. The van der Waals surface area contributed by atoms with Crippen LogP contribution < -0.4 is 16.0 Å². The number of hydrogen-bond donors (Lipinski definition) is 3. The molecule has 1 aromatic rings. The Balaban J connectivity index is 1.71. The van der Waals surface area contributed by atoms with Crippen molar-refractivity contribution in [2.24, 2.45) is 17.8 Å². The second kappa shape index (κ2) is 11.2. The highest BCUT2D eigenvalue weighted by Gasteiger charge is 2.46. The van der Waals surface area contributed by atoms with Crippen LogP contribution in [0.3, 0.4) is 0 Å². The Bertz CT molecular complexity index is 929. The lowest BCUT2D eigenvalue weighted by molar-refractivity contribution is -0.137. The Morgan fingerprint density at radius 1 is 1.06 bits per heavy atom. The summed E-state index contributed by atoms with van der Waals surface area (Å²) in [6, 6.07) is 7.26. The van der Waals surface area contributed by atoms with Gasteiger partial charge in [0.25, 0.3) is 0 Å². The van der Waals surface area contributed by atoms with Crippen LogP contribution in [-0.4, -0.2) is 66.8 Å². The monoisotopic (exact) mass is 472 g/mol. The van der Waals surface area contributed by atoms with Gasteiger partial charge in [-0.05, 0) is 11.5 Å². The first-order valence-electron chi connectivity index (χ1n) is 11.5. The first kappa shape index (κ1) is 25.4. The Morgan fingerprint density at radius 3 is 2.26 bits per heavy atom. The number of ether oxygens (including phenoxy) is 1. The number of nitrogens with zero attached hydrogens (tertiary/aromatic N) is 1. The van der Waals surface area contributed by atoms with Crippen molar-refractivity contribution in [3.05, 3.63) is 35.9 Å². The van der Waals surface area contributed by atoms with Crippen LogP contribution in [0.4, 0.5) is 4.79 Å². The predicted octanol–water partition coefficient (Wildman–Crippen LogP) is 0.778. The van der Waals surface area contributed by atoms with Crippen LogP contribution in [0.2, 0.25) is 0 Å². The second-order valence-corrected chi connectivity index (χ2v) is 9.03. The van der Waals surface area contributed by atoms with Crippen molar-refractivity contribution in [2.75, 3.05) is 26.3 Å². The molecule has 10 nitrogen and oxygen atoms in total. The van der Waals surface area contributed by atoms with Gasteiger partial charge in [0, 0.05) is 13.1 Å². The Hall–Kier alpha value is -3.27. The molecule has 0 radical (unpaired) electrons. The standard InChI is InChI=1S/C24H32N4O6/c1-14(2)20(21(30)19-15(3)22(31)27-23(19)32)26-18(29)13-17(16-7-5-4-6-8-16)25-24(33)28-9-11-34-12-10-28/h4-8,14-15,17,19-20H,9-13H2,1-3H3,(H,25,33)(H,26,29)(H,27,31,32)/t15-,17-,19+,20-/m0/s1. The summed E-state index contributed by atoms with van der Waals surface area (Å²) < 4.78 is 5.29. The molecule has 0 aliphatic carbocycles. The van der Waals surface area contributed by atoms with E-state index in [0.717, 1.165) is 5.56 Å². The van der Waals surface area contributed by atoms with E-state index in [1.807, 2.05) is 30.3 Å². The fraction of sp³-hybridized carbons (Fsp3) is 0.542. The second-order valence-electron chi connectivity index (χ2n) is 9.03. The van der Waals surface area contributed by atoms with Gasteiger partial charge in [0.05, 0.1) is 37.6 Å². The van der Waals surface area contributed by atoms with E-state index in [4.69, 9.17) is 4.74 Å². The summed E-state index contributed by atoms with van der Waals surface area (Å²) >= 11 is 0. The fourth-order valence-corrected chi connectivity index (χ4v) is 4.19. The van der Waals surface area contributed by atoms with Gasteiger partial charge in [0.15, 0.2) is 5.78 Å². The molecular weight excluding hydrogens is 440 g/mol. The molecule has 3 N–H and O–H groups in total. The first-order chi connectivity index (χ1) is 16.2. The number of rotatable bonds is 8. The molecular formula is C24H32N4O6. The molecule has 2 heterocycles. The number of hydrogen-bond acceptors (Lipinski definition) is 6. The summed E-state index contributed by atoms with van der Waals surface area (Å²) in [5.41, 5.74) is 0.751. The molecule has 0 saturated carbocycles. The van der Waals surface area contributed by atoms with Crippen LogP contribution in [0.15, 0.2) is 30.3 Å². The topological polar surface area (TPSA) is 134 Å². The molecule has 4 atom stereocenters. The van der Waals surface area contributed by atoms with Gasteiger partial charge in [0.1, 0.15) is 5.92 Å². The lowest BCUT2D eigenvalue weighted by atomic mass is 9.85. The fourth-order valence-electron chi connectivity index (χ4n) is 4.19. The van der Waals surface area contributed by atoms with E-state index < -0.39 is 47.4 Å². The van der Waals surface area contributed by atoms with Crippen LogP contribution in [0, 0.1) is 17.8 Å². The van der Waals surface area contributed by atoms with Gasteiger partial charge < -0.3 is 20.3 Å². The van der Waals surface area contributed by atoms with Crippen LogP contribution >= 0.6 is 0 Å². The van der Waals surface area contributed by atoms with E-state index in [9.17, 15) is 24.0 Å². The summed E-state index contributed by atoms with van der Waals surface area (Å²) in [6.07, 6.45) is -0.0953. The SMILES string of the molecule is CC(C)[C@H](NC(=O)C[C@H](NC(=O)N1CCOCC1)c1ccccc1)C(=O)[C@@H]1C(=O)NC(=O)[C@H]1C. The third-order valence-electron chi connectivity index (χ3n) is 6.23. The van der Waals surface area contributed by atoms with Crippen LogP contribution in [-0.2, 0) is 23.9 Å². The molecule has 2 saturated heterocycles. The van der Waals surface area contributed by atoms with Crippen molar-refractivity contribution < 1.29 is 28.7 Å². The molecule has 2 fully saturated rings. The Morgan fingerprint density at radius 2 is 1.71 bits per heavy atom. The number of carbonyl (C=O) groups excluding carboxylic acids is 5. The highest BCUT2D eigenvalue weighted by molar-refractivity contribution is 6.16.